The van der Waals surface area contributed by atoms with Gasteiger partial charge in [0.25, 0.3) is 0 Å². The summed E-state index contributed by atoms with van der Waals surface area (Å²) in [5.74, 6) is 2.50. The first-order valence-corrected chi connectivity index (χ1v) is 9.14. The lowest BCUT2D eigenvalue weighted by molar-refractivity contribution is -0.127. The molecule has 130 valence electrons. The summed E-state index contributed by atoms with van der Waals surface area (Å²) in [5, 5.41) is 8.78. The van der Waals surface area contributed by atoms with E-state index in [0.717, 1.165) is 50.7 Å². The van der Waals surface area contributed by atoms with Crippen molar-refractivity contribution in [1.82, 2.24) is 20.0 Å². The Labute approximate surface area is 143 Å². The molecule has 6 nitrogen and oxygen atoms in total. The number of nitrogens with zero attached hydrogens (tertiary/aromatic N) is 5. The van der Waals surface area contributed by atoms with Gasteiger partial charge in [0, 0.05) is 51.6 Å². The Kier molecular flexibility index (Phi) is 4.16. The molecule has 3 heterocycles. The van der Waals surface area contributed by atoms with E-state index in [9.17, 15) is 4.79 Å². The highest BCUT2D eigenvalue weighted by molar-refractivity contribution is 5.73. The van der Waals surface area contributed by atoms with Crippen molar-refractivity contribution in [2.24, 2.45) is 5.92 Å². The third kappa shape index (κ3) is 3.24. The summed E-state index contributed by atoms with van der Waals surface area (Å²) < 4.78 is 0. The third-order valence-corrected chi connectivity index (χ3v) is 5.75. The second-order valence-electron chi connectivity index (χ2n) is 7.71. The number of likely N-dealkylation sites (tertiary alicyclic amines) is 1. The standard InChI is InChI=1S/C18H27N5O/c1-13(24)22-8-7-14(10-22)9-21(2)16-11-23(12-16)18-6-5-17(19-20-18)15-3-4-15/h5-6,14-16H,3-4,7-12H2,1-2H3. The molecular weight excluding hydrogens is 302 g/mol. The van der Waals surface area contributed by atoms with Gasteiger partial charge in [-0.05, 0) is 44.4 Å². The molecule has 6 heteroatoms. The van der Waals surface area contributed by atoms with Gasteiger partial charge in [0.1, 0.15) is 0 Å². The van der Waals surface area contributed by atoms with Crippen molar-refractivity contribution < 1.29 is 4.79 Å². The van der Waals surface area contributed by atoms with Crippen LogP contribution < -0.4 is 4.90 Å². The molecule has 1 unspecified atom stereocenters. The zero-order valence-corrected chi connectivity index (χ0v) is 14.7. The van der Waals surface area contributed by atoms with E-state index in [1.54, 1.807) is 6.92 Å². The fourth-order valence-electron chi connectivity index (χ4n) is 3.85. The molecule has 2 aliphatic heterocycles. The summed E-state index contributed by atoms with van der Waals surface area (Å²) in [6, 6.07) is 4.85. The van der Waals surface area contributed by atoms with E-state index in [-0.39, 0.29) is 5.91 Å². The van der Waals surface area contributed by atoms with Crippen molar-refractivity contribution >= 4 is 11.7 Å². The fourth-order valence-corrected chi connectivity index (χ4v) is 3.85. The van der Waals surface area contributed by atoms with Gasteiger partial charge in [0.05, 0.1) is 5.69 Å². The zero-order valence-electron chi connectivity index (χ0n) is 14.7. The summed E-state index contributed by atoms with van der Waals surface area (Å²) in [5.41, 5.74) is 1.16. The van der Waals surface area contributed by atoms with Crippen molar-refractivity contribution in [2.45, 2.75) is 38.1 Å². The molecule has 1 amide bonds. The molecular formula is C18H27N5O. The number of aromatic nitrogens is 2. The second kappa shape index (κ2) is 6.31. The van der Waals surface area contributed by atoms with E-state index in [4.69, 9.17) is 0 Å². The van der Waals surface area contributed by atoms with Gasteiger partial charge in [0.2, 0.25) is 5.91 Å². The number of likely N-dealkylation sites (N-methyl/N-ethyl adjacent to an activating group) is 1. The minimum Gasteiger partial charge on any atom is -0.352 e. The van der Waals surface area contributed by atoms with Gasteiger partial charge in [-0.2, -0.15) is 5.10 Å². The van der Waals surface area contributed by atoms with Gasteiger partial charge < -0.3 is 9.80 Å². The van der Waals surface area contributed by atoms with Crippen LogP contribution in [-0.4, -0.2) is 71.7 Å². The third-order valence-electron chi connectivity index (χ3n) is 5.75. The Morgan fingerprint density at radius 2 is 2.00 bits per heavy atom. The Morgan fingerprint density at radius 3 is 2.58 bits per heavy atom. The van der Waals surface area contributed by atoms with Crippen LogP contribution in [0.4, 0.5) is 5.82 Å². The summed E-state index contributed by atoms with van der Waals surface area (Å²) in [4.78, 5) is 18.2. The maximum Gasteiger partial charge on any atom is 0.219 e. The number of hydrogen-bond donors (Lipinski definition) is 0. The predicted molar refractivity (Wildman–Crippen MR) is 93.0 cm³/mol. The molecule has 1 atom stereocenters. The molecule has 0 spiro atoms. The first-order chi connectivity index (χ1) is 11.6. The van der Waals surface area contributed by atoms with E-state index in [0.29, 0.717) is 17.9 Å². The van der Waals surface area contributed by atoms with E-state index >= 15 is 0 Å². The minimum atomic E-state index is 0.211. The highest BCUT2D eigenvalue weighted by Crippen LogP contribution is 2.38. The van der Waals surface area contributed by atoms with Crippen LogP contribution in [-0.2, 0) is 4.79 Å². The lowest BCUT2D eigenvalue weighted by atomic mass is 10.0. The van der Waals surface area contributed by atoms with Crippen LogP contribution in [0.3, 0.4) is 0 Å². The average molecular weight is 329 g/mol. The van der Waals surface area contributed by atoms with Crippen LogP contribution in [0.5, 0.6) is 0 Å². The minimum absolute atomic E-state index is 0.211. The largest absolute Gasteiger partial charge is 0.352 e. The van der Waals surface area contributed by atoms with Crippen molar-refractivity contribution in [3.63, 3.8) is 0 Å². The number of anilines is 1. The number of carbonyl (C=O) groups is 1. The Hall–Kier alpha value is -1.69. The maximum absolute atomic E-state index is 11.4. The van der Waals surface area contributed by atoms with Gasteiger partial charge in [-0.15, -0.1) is 5.10 Å². The topological polar surface area (TPSA) is 52.6 Å². The molecule has 1 aromatic heterocycles. The van der Waals surface area contributed by atoms with Crippen LogP contribution >= 0.6 is 0 Å². The predicted octanol–water partition coefficient (Wildman–Crippen LogP) is 1.34. The van der Waals surface area contributed by atoms with Crippen molar-refractivity contribution in [2.75, 3.05) is 44.7 Å². The van der Waals surface area contributed by atoms with E-state index < -0.39 is 0 Å². The number of carbonyl (C=O) groups excluding carboxylic acids is 1. The van der Waals surface area contributed by atoms with Crippen LogP contribution in [0.25, 0.3) is 0 Å². The number of rotatable bonds is 5. The SMILES string of the molecule is CC(=O)N1CCC(CN(C)C2CN(c3ccc(C4CC4)nn3)C2)C1. The van der Waals surface area contributed by atoms with Gasteiger partial charge in [-0.1, -0.05) is 0 Å². The average Bonchev–Trinajstić information content (AvgIpc) is 3.26. The van der Waals surface area contributed by atoms with E-state index in [1.807, 2.05) is 4.90 Å². The van der Waals surface area contributed by atoms with Crippen LogP contribution in [0.15, 0.2) is 12.1 Å². The van der Waals surface area contributed by atoms with Crippen molar-refractivity contribution in [3.8, 4) is 0 Å². The molecule has 1 aliphatic carbocycles. The molecule has 1 aromatic rings. The molecule has 0 aromatic carbocycles. The van der Waals surface area contributed by atoms with Gasteiger partial charge in [-0.25, -0.2) is 0 Å². The van der Waals surface area contributed by atoms with E-state index in [2.05, 4.69) is 39.2 Å². The first-order valence-electron chi connectivity index (χ1n) is 9.14. The molecule has 1 saturated carbocycles. The van der Waals surface area contributed by atoms with Crippen LogP contribution in [0, 0.1) is 5.92 Å². The number of amides is 1. The normalized spacial score (nSPS) is 24.5. The fraction of sp³-hybridized carbons (Fsp3) is 0.722. The highest BCUT2D eigenvalue weighted by atomic mass is 16.2. The van der Waals surface area contributed by atoms with Gasteiger partial charge >= 0.3 is 0 Å². The molecule has 24 heavy (non-hydrogen) atoms. The van der Waals surface area contributed by atoms with E-state index in [1.165, 1.54) is 12.8 Å². The molecule has 2 saturated heterocycles. The first kappa shape index (κ1) is 15.8. The maximum atomic E-state index is 11.4. The summed E-state index contributed by atoms with van der Waals surface area (Å²) in [7, 11) is 2.21. The summed E-state index contributed by atoms with van der Waals surface area (Å²) in [6.45, 7) is 6.64. The molecule has 3 fully saturated rings. The number of hydrogen-bond acceptors (Lipinski definition) is 5. The molecule has 0 radical (unpaired) electrons. The smallest absolute Gasteiger partial charge is 0.219 e. The Balaban J connectivity index is 1.24. The van der Waals surface area contributed by atoms with Crippen molar-refractivity contribution in [3.05, 3.63) is 17.8 Å². The Bertz CT molecular complexity index is 594. The quantitative estimate of drug-likeness (QED) is 0.816. The summed E-state index contributed by atoms with van der Waals surface area (Å²) in [6.07, 6.45) is 3.67. The monoisotopic (exact) mass is 329 g/mol. The lowest BCUT2D eigenvalue weighted by Crippen LogP contribution is -2.59. The van der Waals surface area contributed by atoms with Crippen molar-refractivity contribution in [1.29, 1.82) is 0 Å². The molecule has 0 N–H and O–H groups in total. The van der Waals surface area contributed by atoms with Crippen LogP contribution in [0.2, 0.25) is 0 Å². The van der Waals surface area contributed by atoms with Crippen LogP contribution in [0.1, 0.15) is 37.8 Å². The lowest BCUT2D eigenvalue weighted by Gasteiger charge is -2.45. The molecule has 0 bridgehead atoms. The highest BCUT2D eigenvalue weighted by Gasteiger charge is 2.34. The summed E-state index contributed by atoms with van der Waals surface area (Å²) >= 11 is 0. The Morgan fingerprint density at radius 1 is 1.21 bits per heavy atom. The second-order valence-corrected chi connectivity index (χ2v) is 7.71. The molecule has 4 rings (SSSR count). The zero-order chi connectivity index (χ0) is 16.7. The van der Waals surface area contributed by atoms with Gasteiger partial charge in [-0.3, -0.25) is 9.69 Å². The van der Waals surface area contributed by atoms with Gasteiger partial charge in [0.15, 0.2) is 5.82 Å². The molecule has 3 aliphatic rings.